The van der Waals surface area contributed by atoms with Gasteiger partial charge in [-0.05, 0) is 36.1 Å². The first-order valence-corrected chi connectivity index (χ1v) is 7.13. The van der Waals surface area contributed by atoms with Gasteiger partial charge in [-0.3, -0.25) is 0 Å². The summed E-state index contributed by atoms with van der Waals surface area (Å²) in [4.78, 5) is 2.51. The maximum absolute atomic E-state index is 2.51. The quantitative estimate of drug-likeness (QED) is 0.743. The molecule has 0 aromatic heterocycles. The summed E-state index contributed by atoms with van der Waals surface area (Å²) in [6, 6.07) is 18.1. The van der Waals surface area contributed by atoms with Crippen molar-refractivity contribution in [1.82, 2.24) is 0 Å². The molecule has 0 saturated heterocycles. The summed E-state index contributed by atoms with van der Waals surface area (Å²) in [6.07, 6.45) is 1.05. The van der Waals surface area contributed by atoms with Gasteiger partial charge in [0.2, 0.25) is 0 Å². The lowest BCUT2D eigenvalue weighted by atomic mass is 9.92. The normalized spacial score (nSPS) is 15.1. The largest absolute Gasteiger partial charge is 0.338 e. The first kappa shape index (κ1) is 12.3. The zero-order valence-corrected chi connectivity index (χ0v) is 11.9. The molecular formula is C18H21N. The number of hydrogen-bond donors (Lipinski definition) is 0. The fraction of sp³-hybridized carbons (Fsp3) is 0.333. The van der Waals surface area contributed by atoms with Gasteiger partial charge in [-0.1, -0.05) is 50.2 Å². The number of fused-ring (bicyclic) bond motifs is 2. The molecule has 1 atom stereocenters. The number of anilines is 2. The molecule has 1 heterocycles. The van der Waals surface area contributed by atoms with Gasteiger partial charge in [0.15, 0.2) is 0 Å². The van der Waals surface area contributed by atoms with Crippen molar-refractivity contribution in [2.45, 2.75) is 33.2 Å². The number of benzene rings is 2. The van der Waals surface area contributed by atoms with Crippen molar-refractivity contribution in [2.75, 3.05) is 4.90 Å². The van der Waals surface area contributed by atoms with Crippen molar-refractivity contribution in [2.24, 2.45) is 5.92 Å². The van der Waals surface area contributed by atoms with Crippen LogP contribution in [-0.2, 0) is 6.42 Å². The number of para-hydroxylation sites is 2. The molecule has 0 amide bonds. The lowest BCUT2D eigenvalue weighted by Crippen LogP contribution is -2.35. The van der Waals surface area contributed by atoms with E-state index in [1.807, 2.05) is 0 Å². The molecule has 19 heavy (non-hydrogen) atoms. The number of rotatable bonds is 2. The van der Waals surface area contributed by atoms with E-state index in [1.165, 1.54) is 22.5 Å². The van der Waals surface area contributed by atoms with Crippen molar-refractivity contribution in [3.05, 3.63) is 59.7 Å². The van der Waals surface area contributed by atoms with E-state index in [1.54, 1.807) is 0 Å². The van der Waals surface area contributed by atoms with E-state index < -0.39 is 0 Å². The van der Waals surface area contributed by atoms with E-state index in [0.29, 0.717) is 12.0 Å². The van der Waals surface area contributed by atoms with E-state index in [-0.39, 0.29) is 0 Å². The Morgan fingerprint density at radius 2 is 1.26 bits per heavy atom. The zero-order chi connectivity index (χ0) is 13.4. The van der Waals surface area contributed by atoms with Gasteiger partial charge in [-0.2, -0.15) is 0 Å². The molecule has 0 fully saturated rings. The summed E-state index contributed by atoms with van der Waals surface area (Å²) in [5.74, 6) is 0.624. The van der Waals surface area contributed by atoms with Crippen LogP contribution in [0.4, 0.5) is 11.4 Å². The maximum Gasteiger partial charge on any atom is 0.0449 e. The average molecular weight is 251 g/mol. The van der Waals surface area contributed by atoms with E-state index in [4.69, 9.17) is 0 Å². The predicted molar refractivity (Wildman–Crippen MR) is 82.1 cm³/mol. The van der Waals surface area contributed by atoms with Gasteiger partial charge in [0.25, 0.3) is 0 Å². The Balaban J connectivity index is 2.16. The van der Waals surface area contributed by atoms with Crippen molar-refractivity contribution in [1.29, 1.82) is 0 Å². The lowest BCUT2D eigenvalue weighted by molar-refractivity contribution is 0.515. The summed E-state index contributed by atoms with van der Waals surface area (Å²) in [7, 11) is 0. The minimum atomic E-state index is 0.502. The molecule has 0 aliphatic carbocycles. The Morgan fingerprint density at radius 3 is 1.74 bits per heavy atom. The van der Waals surface area contributed by atoms with Gasteiger partial charge >= 0.3 is 0 Å². The highest BCUT2D eigenvalue weighted by molar-refractivity contribution is 5.74. The SMILES string of the molecule is CC(C)C(C)N1c2ccccc2Cc2ccccc21. The minimum absolute atomic E-state index is 0.502. The Bertz CT molecular complexity index is 540. The molecule has 3 rings (SSSR count). The molecule has 0 bridgehead atoms. The van der Waals surface area contributed by atoms with Crippen molar-refractivity contribution >= 4 is 11.4 Å². The third kappa shape index (κ3) is 2.03. The summed E-state index contributed by atoms with van der Waals surface area (Å²) >= 11 is 0. The van der Waals surface area contributed by atoms with Crippen LogP contribution >= 0.6 is 0 Å². The molecule has 1 aliphatic rings. The molecule has 0 N–H and O–H groups in total. The van der Waals surface area contributed by atoms with Crippen LogP contribution in [0.3, 0.4) is 0 Å². The van der Waals surface area contributed by atoms with Gasteiger partial charge in [0, 0.05) is 23.8 Å². The first-order valence-electron chi connectivity index (χ1n) is 7.13. The van der Waals surface area contributed by atoms with Crippen LogP contribution in [0.1, 0.15) is 31.9 Å². The van der Waals surface area contributed by atoms with Gasteiger partial charge in [0.05, 0.1) is 0 Å². The Hall–Kier alpha value is -1.76. The van der Waals surface area contributed by atoms with Crippen LogP contribution in [0, 0.1) is 5.92 Å². The summed E-state index contributed by atoms with van der Waals surface area (Å²) in [5.41, 5.74) is 5.63. The molecule has 1 nitrogen and oxygen atoms in total. The second-order valence-corrected chi connectivity index (χ2v) is 5.79. The van der Waals surface area contributed by atoms with Gasteiger partial charge in [-0.25, -0.2) is 0 Å². The standard InChI is InChI=1S/C18H21N/c1-13(2)14(3)19-17-10-6-4-8-15(17)12-16-9-5-7-11-18(16)19/h4-11,13-14H,12H2,1-3H3. The second kappa shape index (κ2) is 4.73. The lowest BCUT2D eigenvalue weighted by Gasteiger charge is -2.39. The third-order valence-electron chi connectivity index (χ3n) is 4.26. The number of nitrogens with zero attached hydrogens (tertiary/aromatic N) is 1. The van der Waals surface area contributed by atoms with Gasteiger partial charge in [0.1, 0.15) is 0 Å². The highest BCUT2D eigenvalue weighted by atomic mass is 15.2. The van der Waals surface area contributed by atoms with Crippen molar-refractivity contribution in [3.63, 3.8) is 0 Å². The average Bonchev–Trinajstić information content (AvgIpc) is 2.43. The van der Waals surface area contributed by atoms with E-state index >= 15 is 0 Å². The predicted octanol–water partition coefficient (Wildman–Crippen LogP) is 4.77. The molecule has 1 unspecified atom stereocenters. The number of hydrogen-bond acceptors (Lipinski definition) is 1. The summed E-state index contributed by atoms with van der Waals surface area (Å²) < 4.78 is 0. The highest BCUT2D eigenvalue weighted by Gasteiger charge is 2.27. The van der Waals surface area contributed by atoms with Crippen LogP contribution in [0.2, 0.25) is 0 Å². The van der Waals surface area contributed by atoms with Crippen LogP contribution in [-0.4, -0.2) is 6.04 Å². The van der Waals surface area contributed by atoms with Crippen molar-refractivity contribution in [3.8, 4) is 0 Å². The van der Waals surface area contributed by atoms with Crippen LogP contribution in [0.5, 0.6) is 0 Å². The molecule has 0 radical (unpaired) electrons. The maximum atomic E-state index is 2.51. The molecule has 1 heteroatoms. The molecule has 2 aromatic rings. The molecule has 2 aromatic carbocycles. The highest BCUT2D eigenvalue weighted by Crippen LogP contribution is 2.40. The fourth-order valence-electron chi connectivity index (χ4n) is 2.86. The van der Waals surface area contributed by atoms with Crippen LogP contribution in [0.25, 0.3) is 0 Å². The molecule has 0 spiro atoms. The zero-order valence-electron chi connectivity index (χ0n) is 11.9. The molecule has 0 saturated carbocycles. The van der Waals surface area contributed by atoms with E-state index in [9.17, 15) is 0 Å². The van der Waals surface area contributed by atoms with Crippen LogP contribution in [0.15, 0.2) is 48.5 Å². The third-order valence-corrected chi connectivity index (χ3v) is 4.26. The van der Waals surface area contributed by atoms with E-state index in [2.05, 4.69) is 74.2 Å². The molecule has 98 valence electrons. The first-order chi connectivity index (χ1) is 9.18. The van der Waals surface area contributed by atoms with Gasteiger partial charge < -0.3 is 4.90 Å². The van der Waals surface area contributed by atoms with Gasteiger partial charge in [-0.15, -0.1) is 0 Å². The Kier molecular flexibility index (Phi) is 3.06. The monoisotopic (exact) mass is 251 g/mol. The minimum Gasteiger partial charge on any atom is -0.338 e. The Morgan fingerprint density at radius 1 is 0.789 bits per heavy atom. The molecule has 1 aliphatic heterocycles. The smallest absolute Gasteiger partial charge is 0.0449 e. The summed E-state index contributed by atoms with van der Waals surface area (Å²) in [6.45, 7) is 6.92. The summed E-state index contributed by atoms with van der Waals surface area (Å²) in [5, 5.41) is 0. The fourth-order valence-corrected chi connectivity index (χ4v) is 2.86. The molecular weight excluding hydrogens is 230 g/mol. The topological polar surface area (TPSA) is 3.24 Å². The Labute approximate surface area is 115 Å². The van der Waals surface area contributed by atoms with E-state index in [0.717, 1.165) is 6.42 Å². The van der Waals surface area contributed by atoms with Crippen LogP contribution < -0.4 is 4.90 Å². The van der Waals surface area contributed by atoms with Crippen molar-refractivity contribution < 1.29 is 0 Å². The second-order valence-electron chi connectivity index (χ2n) is 5.79.